The van der Waals surface area contributed by atoms with Gasteiger partial charge in [0.05, 0.1) is 23.0 Å². The minimum atomic E-state index is -3.89. The van der Waals surface area contributed by atoms with Crippen molar-refractivity contribution in [2.24, 2.45) is 0 Å². The number of anilines is 1. The van der Waals surface area contributed by atoms with E-state index in [2.05, 4.69) is 4.72 Å². The quantitative estimate of drug-likeness (QED) is 0.614. The first-order valence-electron chi connectivity index (χ1n) is 8.11. The van der Waals surface area contributed by atoms with Crippen molar-refractivity contribution in [1.82, 2.24) is 4.90 Å². The van der Waals surface area contributed by atoms with Crippen molar-refractivity contribution in [3.05, 3.63) is 64.2 Å². The van der Waals surface area contributed by atoms with Gasteiger partial charge < -0.3 is 9.64 Å². The van der Waals surface area contributed by atoms with Crippen LogP contribution in [0.1, 0.15) is 10.4 Å². The van der Waals surface area contributed by atoms with Gasteiger partial charge in [-0.25, -0.2) is 8.42 Å². The van der Waals surface area contributed by atoms with Gasteiger partial charge in [0.2, 0.25) is 0 Å². The smallest absolute Gasteiger partial charge is 0.269 e. The Morgan fingerprint density at radius 2 is 1.63 bits per heavy atom. The van der Waals surface area contributed by atoms with Crippen LogP contribution in [-0.4, -0.2) is 50.5 Å². The molecule has 0 aliphatic carbocycles. The molecule has 0 unspecified atom stereocenters. The van der Waals surface area contributed by atoms with Crippen LogP contribution >= 0.6 is 0 Å². The van der Waals surface area contributed by atoms with Crippen molar-refractivity contribution < 1.29 is 22.9 Å². The zero-order valence-corrected chi connectivity index (χ0v) is 15.0. The maximum atomic E-state index is 12.4. The lowest BCUT2D eigenvalue weighted by Gasteiger charge is -2.26. The molecule has 1 amide bonds. The molecule has 2 aromatic rings. The Balaban J connectivity index is 1.71. The third kappa shape index (κ3) is 4.41. The molecule has 9 nitrogen and oxygen atoms in total. The summed E-state index contributed by atoms with van der Waals surface area (Å²) >= 11 is 0. The summed E-state index contributed by atoms with van der Waals surface area (Å²) in [6, 6.07) is 10.7. The van der Waals surface area contributed by atoms with Gasteiger partial charge in [0, 0.05) is 36.5 Å². The summed E-state index contributed by atoms with van der Waals surface area (Å²) in [5.41, 5.74) is 0.544. The average Bonchev–Trinajstić information content (AvgIpc) is 2.68. The van der Waals surface area contributed by atoms with Crippen molar-refractivity contribution in [2.45, 2.75) is 4.90 Å². The molecule has 10 heteroatoms. The fraction of sp³-hybridized carbons (Fsp3) is 0.235. The average molecular weight is 391 g/mol. The molecule has 0 atom stereocenters. The number of nitrogens with one attached hydrogen (secondary N) is 1. The van der Waals surface area contributed by atoms with Crippen molar-refractivity contribution in [3.63, 3.8) is 0 Å². The van der Waals surface area contributed by atoms with E-state index in [0.717, 1.165) is 24.3 Å². The van der Waals surface area contributed by atoms with Crippen molar-refractivity contribution in [2.75, 3.05) is 31.0 Å². The van der Waals surface area contributed by atoms with Crippen LogP contribution in [0, 0.1) is 10.1 Å². The van der Waals surface area contributed by atoms with Gasteiger partial charge in [0.15, 0.2) is 0 Å². The predicted octanol–water partition coefficient (Wildman–Crippen LogP) is 1.87. The topological polar surface area (TPSA) is 119 Å². The number of nitrogens with zero attached hydrogens (tertiary/aromatic N) is 2. The highest BCUT2D eigenvalue weighted by molar-refractivity contribution is 7.92. The molecule has 1 aliphatic heterocycles. The van der Waals surface area contributed by atoms with E-state index in [-0.39, 0.29) is 22.2 Å². The normalized spacial score (nSPS) is 14.6. The van der Waals surface area contributed by atoms with Crippen molar-refractivity contribution in [3.8, 4) is 0 Å². The third-order valence-corrected chi connectivity index (χ3v) is 5.44. The molecule has 0 radical (unpaired) electrons. The summed E-state index contributed by atoms with van der Waals surface area (Å²) in [5, 5.41) is 10.7. The zero-order chi connectivity index (χ0) is 19.4. The van der Waals surface area contributed by atoms with E-state index in [9.17, 15) is 23.3 Å². The molecule has 2 aromatic carbocycles. The van der Waals surface area contributed by atoms with Crippen LogP contribution in [0.5, 0.6) is 0 Å². The summed E-state index contributed by atoms with van der Waals surface area (Å²) in [4.78, 5) is 24.0. The number of sulfonamides is 1. The first kappa shape index (κ1) is 18.8. The molecule has 27 heavy (non-hydrogen) atoms. The van der Waals surface area contributed by atoms with Gasteiger partial charge in [0.25, 0.3) is 21.6 Å². The van der Waals surface area contributed by atoms with Crippen LogP contribution in [-0.2, 0) is 14.8 Å². The molecular weight excluding hydrogens is 374 g/mol. The molecule has 142 valence electrons. The van der Waals surface area contributed by atoms with Crippen LogP contribution in [0.2, 0.25) is 0 Å². The molecular formula is C17H17N3O6S. The number of hydrogen-bond acceptors (Lipinski definition) is 6. The number of benzene rings is 2. The maximum Gasteiger partial charge on any atom is 0.269 e. The van der Waals surface area contributed by atoms with E-state index in [4.69, 9.17) is 4.74 Å². The fourth-order valence-corrected chi connectivity index (χ4v) is 3.65. The summed E-state index contributed by atoms with van der Waals surface area (Å²) < 4.78 is 32.4. The summed E-state index contributed by atoms with van der Waals surface area (Å²) in [6.07, 6.45) is 0. The van der Waals surface area contributed by atoms with Crippen LogP contribution in [0.25, 0.3) is 0 Å². The number of nitro groups is 1. The SMILES string of the molecule is O=C(c1ccc(NS(=O)(=O)c2ccc([N+](=O)[O-])cc2)cc1)N1CCOCC1. The number of morpholine rings is 1. The molecule has 0 spiro atoms. The van der Waals surface area contributed by atoms with Gasteiger partial charge in [-0.3, -0.25) is 19.6 Å². The molecule has 0 saturated carbocycles. The first-order valence-corrected chi connectivity index (χ1v) is 9.59. The number of carbonyl (C=O) groups is 1. The third-order valence-electron chi connectivity index (χ3n) is 4.04. The van der Waals surface area contributed by atoms with E-state index in [1.54, 1.807) is 17.0 Å². The highest BCUT2D eigenvalue weighted by Gasteiger charge is 2.19. The van der Waals surface area contributed by atoms with E-state index in [1.807, 2.05) is 0 Å². The molecule has 0 aromatic heterocycles. The number of amides is 1. The van der Waals surface area contributed by atoms with Crippen LogP contribution in [0.15, 0.2) is 53.4 Å². The lowest BCUT2D eigenvalue weighted by molar-refractivity contribution is -0.384. The Kier molecular flexibility index (Phi) is 5.38. The monoisotopic (exact) mass is 391 g/mol. The predicted molar refractivity (Wildman–Crippen MR) is 97.1 cm³/mol. The molecule has 1 fully saturated rings. The van der Waals surface area contributed by atoms with Gasteiger partial charge in [-0.2, -0.15) is 0 Å². The number of carbonyl (C=O) groups excluding carboxylic acids is 1. The maximum absolute atomic E-state index is 12.4. The molecule has 1 saturated heterocycles. The largest absolute Gasteiger partial charge is 0.378 e. The molecule has 1 aliphatic rings. The Morgan fingerprint density at radius 3 is 2.19 bits per heavy atom. The van der Waals surface area contributed by atoms with Gasteiger partial charge in [-0.05, 0) is 36.4 Å². The van der Waals surface area contributed by atoms with Gasteiger partial charge in [0.1, 0.15) is 0 Å². The van der Waals surface area contributed by atoms with Crippen LogP contribution in [0.3, 0.4) is 0 Å². The number of non-ortho nitro benzene ring substituents is 1. The molecule has 0 bridgehead atoms. The minimum absolute atomic E-state index is 0.0958. The van der Waals surface area contributed by atoms with Crippen molar-refractivity contribution >= 4 is 27.3 Å². The minimum Gasteiger partial charge on any atom is -0.378 e. The zero-order valence-electron chi connectivity index (χ0n) is 14.2. The molecule has 1 N–H and O–H groups in total. The molecule has 1 heterocycles. The summed E-state index contributed by atoms with van der Waals surface area (Å²) in [6.45, 7) is 2.04. The van der Waals surface area contributed by atoms with E-state index in [1.165, 1.54) is 12.1 Å². The second-order valence-electron chi connectivity index (χ2n) is 5.84. The number of ether oxygens (including phenoxy) is 1. The lowest BCUT2D eigenvalue weighted by Crippen LogP contribution is -2.40. The number of rotatable bonds is 5. The van der Waals surface area contributed by atoms with Crippen LogP contribution in [0.4, 0.5) is 11.4 Å². The Bertz CT molecular complexity index is 936. The van der Waals surface area contributed by atoms with Crippen LogP contribution < -0.4 is 4.72 Å². The van der Waals surface area contributed by atoms with Crippen molar-refractivity contribution in [1.29, 1.82) is 0 Å². The molecule has 3 rings (SSSR count). The van der Waals surface area contributed by atoms with E-state index >= 15 is 0 Å². The van der Waals surface area contributed by atoms with Gasteiger partial charge in [-0.1, -0.05) is 0 Å². The van der Waals surface area contributed by atoms with E-state index in [0.29, 0.717) is 31.9 Å². The summed E-state index contributed by atoms with van der Waals surface area (Å²) in [5.74, 6) is -0.136. The Labute approximate surface area is 155 Å². The van der Waals surface area contributed by atoms with Gasteiger partial charge in [-0.15, -0.1) is 0 Å². The Hall–Kier alpha value is -2.98. The first-order chi connectivity index (χ1) is 12.9. The second kappa shape index (κ2) is 7.72. The summed E-state index contributed by atoms with van der Waals surface area (Å²) in [7, 11) is -3.89. The number of nitro benzene ring substituents is 1. The standard InChI is InChI=1S/C17H17N3O6S/c21-17(19-9-11-26-12-10-19)13-1-3-14(4-2-13)18-27(24,25)16-7-5-15(6-8-16)20(22)23/h1-8,18H,9-12H2. The lowest BCUT2D eigenvalue weighted by atomic mass is 10.2. The fourth-order valence-electron chi connectivity index (χ4n) is 2.59. The number of hydrogen-bond donors (Lipinski definition) is 1. The Morgan fingerprint density at radius 1 is 1.04 bits per heavy atom. The second-order valence-corrected chi connectivity index (χ2v) is 7.52. The van der Waals surface area contributed by atoms with E-state index < -0.39 is 14.9 Å². The highest BCUT2D eigenvalue weighted by Crippen LogP contribution is 2.20. The highest BCUT2D eigenvalue weighted by atomic mass is 32.2. The van der Waals surface area contributed by atoms with Gasteiger partial charge >= 0.3 is 0 Å².